The summed E-state index contributed by atoms with van der Waals surface area (Å²) >= 11 is 0. The Morgan fingerprint density at radius 3 is 2.35 bits per heavy atom. The number of amides is 1. The fraction of sp³-hybridized carbons (Fsp3) is 0.588. The summed E-state index contributed by atoms with van der Waals surface area (Å²) < 4.78 is 16.0. The van der Waals surface area contributed by atoms with Crippen molar-refractivity contribution >= 4 is 11.8 Å². The maximum Gasteiger partial charge on any atom is 0.412 e. The second-order valence-corrected chi connectivity index (χ2v) is 6.76. The summed E-state index contributed by atoms with van der Waals surface area (Å²) in [4.78, 5) is 12.1. The summed E-state index contributed by atoms with van der Waals surface area (Å²) in [6.07, 6.45) is 0.519. The zero-order chi connectivity index (χ0) is 17.2. The van der Waals surface area contributed by atoms with Crippen molar-refractivity contribution < 1.29 is 19.0 Å². The van der Waals surface area contributed by atoms with E-state index in [-0.39, 0.29) is 0 Å². The van der Waals surface area contributed by atoms with E-state index in [4.69, 9.17) is 19.9 Å². The normalized spacial score (nSPS) is 19.9. The van der Waals surface area contributed by atoms with Gasteiger partial charge in [-0.15, -0.1) is 0 Å². The Labute approximate surface area is 137 Å². The van der Waals surface area contributed by atoms with E-state index in [9.17, 15) is 4.79 Å². The van der Waals surface area contributed by atoms with E-state index in [1.54, 1.807) is 20.3 Å². The minimum absolute atomic E-state index is 0.324. The molecule has 2 rings (SSSR count). The van der Waals surface area contributed by atoms with Gasteiger partial charge in [0, 0.05) is 6.07 Å². The molecule has 2 unspecified atom stereocenters. The lowest BCUT2D eigenvalue weighted by molar-refractivity contribution is 0.0635. The van der Waals surface area contributed by atoms with Crippen molar-refractivity contribution in [3.05, 3.63) is 17.7 Å². The molecular formula is C17H26N2O4. The van der Waals surface area contributed by atoms with E-state index in [2.05, 4.69) is 5.32 Å². The van der Waals surface area contributed by atoms with Crippen LogP contribution in [0.3, 0.4) is 0 Å². The van der Waals surface area contributed by atoms with Crippen molar-refractivity contribution in [3.8, 4) is 11.5 Å². The molecule has 0 spiro atoms. The van der Waals surface area contributed by atoms with Crippen LogP contribution in [0.1, 0.15) is 38.7 Å². The van der Waals surface area contributed by atoms with Crippen LogP contribution in [-0.2, 0) is 4.74 Å². The van der Waals surface area contributed by atoms with Crippen LogP contribution >= 0.6 is 0 Å². The Bertz CT molecular complexity index is 581. The molecule has 0 heterocycles. The van der Waals surface area contributed by atoms with Crippen molar-refractivity contribution in [2.24, 2.45) is 11.7 Å². The van der Waals surface area contributed by atoms with E-state index >= 15 is 0 Å². The van der Waals surface area contributed by atoms with E-state index in [1.807, 2.05) is 26.8 Å². The molecule has 0 aliphatic heterocycles. The molecule has 0 aromatic heterocycles. The van der Waals surface area contributed by atoms with Crippen molar-refractivity contribution in [2.45, 2.75) is 38.7 Å². The molecule has 0 saturated heterocycles. The predicted molar refractivity (Wildman–Crippen MR) is 89.3 cm³/mol. The zero-order valence-corrected chi connectivity index (χ0v) is 14.4. The van der Waals surface area contributed by atoms with Gasteiger partial charge in [-0.3, -0.25) is 5.32 Å². The van der Waals surface area contributed by atoms with Crippen LogP contribution < -0.4 is 20.5 Å². The number of anilines is 1. The number of benzene rings is 1. The van der Waals surface area contributed by atoms with Crippen LogP contribution in [0.25, 0.3) is 0 Å². The van der Waals surface area contributed by atoms with E-state index < -0.39 is 11.7 Å². The van der Waals surface area contributed by atoms with Gasteiger partial charge in [-0.1, -0.05) is 0 Å². The average Bonchev–Trinajstić information content (AvgIpc) is 3.24. The van der Waals surface area contributed by atoms with Gasteiger partial charge >= 0.3 is 6.09 Å². The molecule has 3 N–H and O–H groups in total. The van der Waals surface area contributed by atoms with Crippen molar-refractivity contribution in [2.75, 3.05) is 26.1 Å². The highest BCUT2D eigenvalue weighted by Crippen LogP contribution is 2.51. The van der Waals surface area contributed by atoms with Crippen LogP contribution in [0, 0.1) is 5.92 Å². The van der Waals surface area contributed by atoms with E-state index in [0.717, 1.165) is 12.0 Å². The van der Waals surface area contributed by atoms with Crippen molar-refractivity contribution in [1.82, 2.24) is 0 Å². The molecule has 23 heavy (non-hydrogen) atoms. The zero-order valence-electron chi connectivity index (χ0n) is 14.4. The summed E-state index contributed by atoms with van der Waals surface area (Å²) in [5.74, 6) is 1.96. The molecule has 1 aromatic rings. The number of nitrogens with two attached hydrogens (primary N) is 1. The van der Waals surface area contributed by atoms with Gasteiger partial charge in [0.2, 0.25) is 0 Å². The van der Waals surface area contributed by atoms with Crippen LogP contribution in [0.15, 0.2) is 12.1 Å². The molecule has 1 aliphatic carbocycles. The Hall–Kier alpha value is -1.95. The van der Waals surface area contributed by atoms with Crippen LogP contribution in [0.2, 0.25) is 0 Å². The largest absolute Gasteiger partial charge is 0.493 e. The Morgan fingerprint density at radius 1 is 1.26 bits per heavy atom. The maximum atomic E-state index is 12.1. The fourth-order valence-electron chi connectivity index (χ4n) is 2.61. The minimum atomic E-state index is -0.555. The van der Waals surface area contributed by atoms with E-state index in [1.165, 1.54) is 0 Å². The molecular weight excluding hydrogens is 296 g/mol. The standard InChI is InChI=1S/C17H26N2O4/c1-17(2,3)23-16(20)19-13-8-15(22-5)14(21-4)7-12(13)11-6-10(11)9-18/h7-8,10-11H,6,9,18H2,1-5H3,(H,19,20). The third-order valence-electron chi connectivity index (χ3n) is 3.82. The minimum Gasteiger partial charge on any atom is -0.493 e. The average molecular weight is 322 g/mol. The number of ether oxygens (including phenoxy) is 3. The highest BCUT2D eigenvalue weighted by molar-refractivity contribution is 5.87. The molecule has 6 heteroatoms. The first-order valence-electron chi connectivity index (χ1n) is 7.75. The Kier molecular flexibility index (Phi) is 5.04. The second-order valence-electron chi connectivity index (χ2n) is 6.76. The van der Waals surface area contributed by atoms with Gasteiger partial charge in [0.05, 0.1) is 19.9 Å². The first kappa shape index (κ1) is 17.4. The highest BCUT2D eigenvalue weighted by atomic mass is 16.6. The molecule has 1 fully saturated rings. The molecule has 0 bridgehead atoms. The monoisotopic (exact) mass is 322 g/mol. The lowest BCUT2D eigenvalue weighted by atomic mass is 10.1. The molecule has 1 aliphatic rings. The van der Waals surface area contributed by atoms with Gasteiger partial charge < -0.3 is 19.9 Å². The van der Waals surface area contributed by atoms with Crippen LogP contribution in [-0.4, -0.2) is 32.5 Å². The summed E-state index contributed by atoms with van der Waals surface area (Å²) in [7, 11) is 3.16. The summed E-state index contributed by atoms with van der Waals surface area (Å²) in [6, 6.07) is 3.68. The molecule has 0 radical (unpaired) electrons. The molecule has 1 amide bonds. The quantitative estimate of drug-likeness (QED) is 0.870. The van der Waals surface area contributed by atoms with E-state index in [0.29, 0.717) is 35.6 Å². The summed E-state index contributed by atoms with van der Waals surface area (Å²) in [5.41, 5.74) is 6.88. The van der Waals surface area contributed by atoms with Gasteiger partial charge in [0.25, 0.3) is 0 Å². The lowest BCUT2D eigenvalue weighted by Gasteiger charge is -2.21. The number of methoxy groups -OCH3 is 2. The topological polar surface area (TPSA) is 82.8 Å². The molecule has 128 valence electrons. The van der Waals surface area contributed by atoms with Gasteiger partial charge in [-0.05, 0) is 57.2 Å². The van der Waals surface area contributed by atoms with Gasteiger partial charge in [-0.2, -0.15) is 0 Å². The number of hydrogen-bond donors (Lipinski definition) is 2. The van der Waals surface area contributed by atoms with Crippen molar-refractivity contribution in [1.29, 1.82) is 0 Å². The third-order valence-corrected chi connectivity index (χ3v) is 3.82. The number of carbonyl (C=O) groups excluding carboxylic acids is 1. The first-order valence-corrected chi connectivity index (χ1v) is 7.75. The summed E-state index contributed by atoms with van der Waals surface area (Å²) in [6.45, 7) is 6.11. The second kappa shape index (κ2) is 6.66. The lowest BCUT2D eigenvalue weighted by Crippen LogP contribution is -2.27. The predicted octanol–water partition coefficient (Wildman–Crippen LogP) is 3.11. The molecule has 1 aromatic carbocycles. The van der Waals surface area contributed by atoms with Crippen LogP contribution in [0.5, 0.6) is 11.5 Å². The number of nitrogens with one attached hydrogen (secondary N) is 1. The smallest absolute Gasteiger partial charge is 0.412 e. The van der Waals surface area contributed by atoms with Gasteiger partial charge in [0.1, 0.15) is 5.60 Å². The van der Waals surface area contributed by atoms with Crippen LogP contribution in [0.4, 0.5) is 10.5 Å². The van der Waals surface area contributed by atoms with Crippen molar-refractivity contribution in [3.63, 3.8) is 0 Å². The molecule has 6 nitrogen and oxygen atoms in total. The first-order chi connectivity index (χ1) is 10.8. The van der Waals surface area contributed by atoms with Gasteiger partial charge in [0.15, 0.2) is 11.5 Å². The number of carbonyl (C=O) groups is 1. The third kappa shape index (κ3) is 4.28. The fourth-order valence-corrected chi connectivity index (χ4v) is 2.61. The number of hydrogen-bond acceptors (Lipinski definition) is 5. The molecule has 2 atom stereocenters. The molecule has 1 saturated carbocycles. The summed E-state index contributed by atoms with van der Waals surface area (Å²) in [5, 5.41) is 2.82. The number of rotatable bonds is 5. The highest BCUT2D eigenvalue weighted by Gasteiger charge is 2.39. The maximum absolute atomic E-state index is 12.1. The Balaban J connectivity index is 2.30. The Morgan fingerprint density at radius 2 is 1.87 bits per heavy atom. The van der Waals surface area contributed by atoms with Gasteiger partial charge in [-0.25, -0.2) is 4.79 Å². The SMILES string of the molecule is COc1cc(NC(=O)OC(C)(C)C)c(C2CC2CN)cc1OC.